The van der Waals surface area contributed by atoms with E-state index >= 15 is 0 Å². The monoisotopic (exact) mass is 1210 g/mol. The van der Waals surface area contributed by atoms with E-state index in [2.05, 4.69) is 49.8 Å². The molecule has 0 radical (unpaired) electrons. The molecule has 26 nitrogen and oxygen atoms in total. The van der Waals surface area contributed by atoms with Crippen LogP contribution in [0.4, 0.5) is 27.2 Å². The number of likely N-dealkylation sites (tertiary alicyclic amines) is 2. The second kappa shape index (κ2) is 25.2. The highest BCUT2D eigenvalue weighted by atomic mass is 35.5. The zero-order chi connectivity index (χ0) is 62.2. The van der Waals surface area contributed by atoms with Gasteiger partial charge in [-0.2, -0.15) is 9.97 Å². The second-order valence-electron chi connectivity index (χ2n) is 25.7. The van der Waals surface area contributed by atoms with Crippen LogP contribution >= 0.6 is 11.6 Å². The molecule has 27 heteroatoms. The number of anilines is 3. The minimum atomic E-state index is -0.569. The molecule has 6 aromatic rings. The number of carbonyl (C=O) groups excluding carboxylic acids is 6. The summed E-state index contributed by atoms with van der Waals surface area (Å²) in [5.74, 6) is 0.538. The molecule has 87 heavy (non-hydrogen) atoms. The van der Waals surface area contributed by atoms with Gasteiger partial charge >= 0.3 is 12.2 Å². The summed E-state index contributed by atoms with van der Waals surface area (Å²) in [6.45, 7) is 13.0. The molecule has 6 aromatic heterocycles. The first-order valence-electron chi connectivity index (χ1n) is 30.0. The summed E-state index contributed by atoms with van der Waals surface area (Å²) in [5.41, 5.74) is 7.67. The fourth-order valence-corrected chi connectivity index (χ4v) is 12.8. The zero-order valence-corrected chi connectivity index (χ0v) is 52.0. The number of hydrogen-bond donors (Lipinski definition) is 2. The number of piperazine rings is 2. The van der Waals surface area contributed by atoms with E-state index in [9.17, 15) is 28.8 Å². The highest BCUT2D eigenvalue weighted by molar-refractivity contribution is 6.28. The zero-order valence-electron chi connectivity index (χ0n) is 51.3. The van der Waals surface area contributed by atoms with Gasteiger partial charge in [0, 0.05) is 89.6 Å². The van der Waals surface area contributed by atoms with Crippen molar-refractivity contribution in [3.8, 4) is 0 Å². The molecule has 3 N–H and O–H groups in total. The molecule has 4 atom stereocenters. The summed E-state index contributed by atoms with van der Waals surface area (Å²) in [6.07, 6.45) is 15.0. The molecule has 2 saturated carbocycles. The molecule has 4 unspecified atom stereocenters. The molecule has 0 aromatic carbocycles. The first kappa shape index (κ1) is 61.8. The van der Waals surface area contributed by atoms with Gasteiger partial charge in [-0.15, -0.1) is 20.4 Å². The van der Waals surface area contributed by atoms with Crippen molar-refractivity contribution in [1.82, 2.24) is 78.9 Å². The highest BCUT2D eigenvalue weighted by Crippen LogP contribution is 2.38. The van der Waals surface area contributed by atoms with E-state index in [0.717, 1.165) is 80.6 Å². The smallest absolute Gasteiger partial charge is 0.410 e. The Morgan fingerprint density at radius 2 is 0.966 bits per heavy atom. The maximum atomic E-state index is 13.3. The second-order valence-corrected chi connectivity index (χ2v) is 26.0. The van der Waals surface area contributed by atoms with E-state index in [1.165, 1.54) is 12.8 Å². The first-order valence-corrected chi connectivity index (χ1v) is 30.3. The number of fused-ring (bicyclic) bond motifs is 6. The van der Waals surface area contributed by atoms with Crippen molar-refractivity contribution >= 4 is 87.1 Å². The molecule has 464 valence electrons. The predicted molar refractivity (Wildman–Crippen MR) is 324 cm³/mol. The lowest BCUT2D eigenvalue weighted by Crippen LogP contribution is -2.58. The van der Waals surface area contributed by atoms with Crippen LogP contribution in [0.25, 0.3) is 22.1 Å². The van der Waals surface area contributed by atoms with Gasteiger partial charge in [-0.1, -0.05) is 25.7 Å². The van der Waals surface area contributed by atoms with Crippen LogP contribution in [0.2, 0.25) is 5.28 Å². The third-order valence-electron chi connectivity index (χ3n) is 16.5. The third kappa shape index (κ3) is 13.8. The molecule has 4 bridgehead atoms. The fraction of sp³-hybridized carbons (Fsp3) is 0.567. The largest absolute Gasteiger partial charge is 0.444 e. The number of nitrogen functional groups attached to an aromatic ring is 1. The molecule has 4 aliphatic heterocycles. The highest BCUT2D eigenvalue weighted by Gasteiger charge is 2.47. The van der Waals surface area contributed by atoms with Crippen LogP contribution in [0.5, 0.6) is 0 Å². The maximum Gasteiger partial charge on any atom is 0.410 e. The number of nitrogens with zero attached hydrogens (tertiary/aromatic N) is 16. The molecule has 6 aliphatic rings. The number of rotatable bonds is 8. The van der Waals surface area contributed by atoms with E-state index in [4.69, 9.17) is 31.8 Å². The Morgan fingerprint density at radius 1 is 0.552 bits per heavy atom. The summed E-state index contributed by atoms with van der Waals surface area (Å²) < 4.78 is 15.2. The Morgan fingerprint density at radius 3 is 1.36 bits per heavy atom. The molecular weight excluding hydrogens is 1140 g/mol. The third-order valence-corrected chi connectivity index (χ3v) is 16.7. The molecule has 6 amide bonds. The van der Waals surface area contributed by atoms with Crippen molar-refractivity contribution in [2.75, 3.05) is 65.4 Å². The Kier molecular flexibility index (Phi) is 17.9. The van der Waals surface area contributed by atoms with Gasteiger partial charge in [-0.25, -0.2) is 19.6 Å². The van der Waals surface area contributed by atoms with Gasteiger partial charge in [0.1, 0.15) is 39.7 Å². The lowest BCUT2D eigenvalue weighted by Gasteiger charge is -2.41. The molecule has 10 heterocycles. The predicted octanol–water partition coefficient (Wildman–Crippen LogP) is 8.19. The van der Waals surface area contributed by atoms with E-state index in [-0.39, 0.29) is 88.5 Å². The van der Waals surface area contributed by atoms with Gasteiger partial charge in [0.25, 0.3) is 23.6 Å². The summed E-state index contributed by atoms with van der Waals surface area (Å²) in [4.78, 5) is 104. The number of aromatic nitrogens is 10. The molecule has 6 fully saturated rings. The first-order chi connectivity index (χ1) is 41.3. The summed E-state index contributed by atoms with van der Waals surface area (Å²) in [6, 6.07) is 10.6. The quantitative estimate of drug-likeness (QED) is 0.136. The number of carbonyl (C=O) groups is 6. The fourth-order valence-electron chi connectivity index (χ4n) is 12.7. The van der Waals surface area contributed by atoms with Crippen molar-refractivity contribution in [1.29, 1.82) is 0 Å². The number of amides is 6. The van der Waals surface area contributed by atoms with Gasteiger partial charge in [-0.05, 0) is 141 Å². The maximum absolute atomic E-state index is 13.3. The van der Waals surface area contributed by atoms with Gasteiger partial charge in [0.05, 0.1) is 24.2 Å². The normalized spacial score (nSPS) is 20.2. The molecule has 12 rings (SSSR count). The van der Waals surface area contributed by atoms with Crippen LogP contribution in [0.15, 0.2) is 48.8 Å². The van der Waals surface area contributed by atoms with Gasteiger partial charge < -0.3 is 49.3 Å². The van der Waals surface area contributed by atoms with E-state index in [1.54, 1.807) is 94.2 Å². The van der Waals surface area contributed by atoms with Crippen molar-refractivity contribution in [3.05, 3.63) is 76.9 Å². The Labute approximate surface area is 510 Å². The van der Waals surface area contributed by atoms with Crippen LogP contribution in [0.3, 0.4) is 0 Å². The van der Waals surface area contributed by atoms with Crippen LogP contribution in [-0.2, 0) is 9.47 Å². The summed E-state index contributed by atoms with van der Waals surface area (Å²) in [7, 11) is 7.02. The Hall–Kier alpha value is -8.29. The number of halogens is 1. The number of hydrogen-bond acceptors (Lipinski definition) is 18. The Bertz CT molecular complexity index is 3500. The minimum Gasteiger partial charge on any atom is -0.444 e. The van der Waals surface area contributed by atoms with E-state index < -0.39 is 11.2 Å². The molecule has 4 saturated heterocycles. The van der Waals surface area contributed by atoms with Crippen molar-refractivity contribution in [3.63, 3.8) is 0 Å². The Balaban J connectivity index is 0.000000160. The SMILES string of the molecule is CC(C)(C)OC(=O)N1C2CCC1CN(C(=O)c1ccc(N)nn1)C2.CN(C)C(=O)c1cc2cnc(Cl)nc2n1C1CCCC1.CN(C)C(=O)c1cc2cnc(Nc3ccc(C(=O)N4CC5CCC(C4)N5C(=O)OC(C)(C)C)nn3)nc2n1C1CCCC1. The van der Waals surface area contributed by atoms with Crippen LogP contribution in [-0.4, -0.2) is 204 Å². The van der Waals surface area contributed by atoms with E-state index in [0.29, 0.717) is 61.0 Å². The average molecular weight is 1220 g/mol. The number of nitrogens with two attached hydrogens (primary N) is 1. The molecule has 2 aliphatic carbocycles. The number of nitrogens with one attached hydrogen (secondary N) is 1. The van der Waals surface area contributed by atoms with Crippen molar-refractivity contribution < 1.29 is 38.2 Å². The number of ether oxygens (including phenoxy) is 2. The van der Waals surface area contributed by atoms with Crippen LogP contribution in [0, 0.1) is 0 Å². The topological polar surface area (TPSA) is 291 Å². The standard InChI is InChI=1S/C30H39N9O4.C16H23N5O3.C14H17ClN4O/c1-30(2,3)43-29(42)38-20-10-11-21(38)17-37(16-20)26(40)22-12-13-24(35-34-22)32-28-31-15-18-14-23(27(41)36(4)5)39(25(18)33-28)19-8-6-7-9-19;1-16(2,3)24-15(23)21-10-4-5-11(21)9-20(8-10)14(22)12-6-7-13(17)19-18-12;1-18(2)13(20)11-7-9-8-16-14(15)17-12(9)19(11)10-5-3-4-6-10/h12-15,19-21H,6-11,16-17H2,1-5H3,(H,31,32,33,35);6-7,10-11H,4-5,8-9H2,1-3H3,(H2,17,19);7-8,10H,3-6H2,1-2H3. The van der Waals surface area contributed by atoms with Crippen LogP contribution < -0.4 is 11.1 Å². The molecule has 0 spiro atoms. The molecular formula is C60H79ClN18O8. The minimum absolute atomic E-state index is 0.00831. The van der Waals surface area contributed by atoms with Gasteiger partial charge in [0.15, 0.2) is 17.2 Å². The lowest BCUT2D eigenvalue weighted by molar-refractivity contribution is -0.00396. The van der Waals surface area contributed by atoms with Crippen LogP contribution in [0.1, 0.15) is 173 Å². The van der Waals surface area contributed by atoms with Gasteiger partial charge in [0.2, 0.25) is 11.2 Å². The summed E-state index contributed by atoms with van der Waals surface area (Å²) >= 11 is 5.92. The van der Waals surface area contributed by atoms with Gasteiger partial charge in [-0.3, -0.25) is 29.0 Å². The summed E-state index contributed by atoms with van der Waals surface area (Å²) in [5, 5.41) is 21.0. The average Bonchev–Trinajstić information content (AvgIpc) is 1.76. The lowest BCUT2D eigenvalue weighted by atomic mass is 10.1. The van der Waals surface area contributed by atoms with Crippen molar-refractivity contribution in [2.45, 2.75) is 166 Å². The van der Waals surface area contributed by atoms with E-state index in [1.807, 2.05) is 53.7 Å². The van der Waals surface area contributed by atoms with Crippen molar-refractivity contribution in [2.24, 2.45) is 0 Å².